The lowest BCUT2D eigenvalue weighted by Gasteiger charge is -2.09. The number of hydrogen-bond donors (Lipinski definition) is 1. The lowest BCUT2D eigenvalue weighted by Crippen LogP contribution is -2.29. The Morgan fingerprint density at radius 2 is 2.11 bits per heavy atom. The van der Waals surface area contributed by atoms with E-state index in [-0.39, 0.29) is 5.91 Å². The third-order valence-corrected chi connectivity index (χ3v) is 3.35. The molecule has 1 aromatic carbocycles. The van der Waals surface area contributed by atoms with E-state index in [4.69, 9.17) is 4.74 Å². The van der Waals surface area contributed by atoms with Crippen LogP contribution in [0.1, 0.15) is 23.0 Å². The van der Waals surface area contributed by atoms with Gasteiger partial charge in [-0.1, -0.05) is 18.2 Å². The van der Waals surface area contributed by atoms with Crippen molar-refractivity contribution in [2.24, 2.45) is 0 Å². The number of hydrogen-bond acceptors (Lipinski definition) is 2. The van der Waals surface area contributed by atoms with Gasteiger partial charge >= 0.3 is 0 Å². The van der Waals surface area contributed by atoms with Crippen molar-refractivity contribution in [2.45, 2.75) is 20.4 Å². The standard InChI is InChI=1S/C15H20N2O2/c1-4-17-13-8-6-5-7-12(13)11(2)14(17)15(18)16-9-10-19-3/h5-8H,4,9-10H2,1-3H3,(H,16,18). The molecule has 1 amide bonds. The van der Waals surface area contributed by atoms with E-state index in [1.54, 1.807) is 7.11 Å². The van der Waals surface area contributed by atoms with Crippen LogP contribution in [0.3, 0.4) is 0 Å². The molecule has 1 heterocycles. The maximum atomic E-state index is 12.3. The van der Waals surface area contributed by atoms with Crippen molar-refractivity contribution in [1.29, 1.82) is 0 Å². The summed E-state index contributed by atoms with van der Waals surface area (Å²) in [5.41, 5.74) is 2.89. The van der Waals surface area contributed by atoms with Gasteiger partial charge in [0.2, 0.25) is 0 Å². The topological polar surface area (TPSA) is 43.3 Å². The fourth-order valence-corrected chi connectivity index (χ4v) is 2.45. The summed E-state index contributed by atoms with van der Waals surface area (Å²) < 4.78 is 7.01. The number of benzene rings is 1. The first-order valence-electron chi connectivity index (χ1n) is 6.55. The molecule has 0 aliphatic rings. The maximum absolute atomic E-state index is 12.3. The molecule has 1 N–H and O–H groups in total. The number of fused-ring (bicyclic) bond motifs is 1. The van der Waals surface area contributed by atoms with E-state index >= 15 is 0 Å². The molecule has 0 atom stereocenters. The highest BCUT2D eigenvalue weighted by Gasteiger charge is 2.18. The SMILES string of the molecule is CCn1c(C(=O)NCCOC)c(C)c2ccccc21. The van der Waals surface area contributed by atoms with Crippen LogP contribution in [-0.2, 0) is 11.3 Å². The normalized spacial score (nSPS) is 10.9. The predicted molar refractivity (Wildman–Crippen MR) is 76.6 cm³/mol. The molecule has 0 saturated heterocycles. The number of aromatic nitrogens is 1. The number of nitrogens with one attached hydrogen (secondary N) is 1. The highest BCUT2D eigenvalue weighted by molar-refractivity contribution is 6.01. The third kappa shape index (κ3) is 2.49. The van der Waals surface area contributed by atoms with Gasteiger partial charge in [-0.2, -0.15) is 0 Å². The molecule has 0 aliphatic heterocycles. The number of carbonyl (C=O) groups is 1. The Kier molecular flexibility index (Phi) is 4.22. The van der Waals surface area contributed by atoms with Gasteiger partial charge in [0.25, 0.3) is 5.91 Å². The lowest BCUT2D eigenvalue weighted by atomic mass is 10.1. The summed E-state index contributed by atoms with van der Waals surface area (Å²) in [5, 5.41) is 4.03. The molecular weight excluding hydrogens is 240 g/mol. The number of para-hydroxylation sites is 1. The van der Waals surface area contributed by atoms with Crippen LogP contribution < -0.4 is 5.32 Å². The zero-order valence-electron chi connectivity index (χ0n) is 11.7. The Bertz CT molecular complexity index is 587. The summed E-state index contributed by atoms with van der Waals surface area (Å²) in [6, 6.07) is 8.11. The minimum Gasteiger partial charge on any atom is -0.383 e. The van der Waals surface area contributed by atoms with E-state index in [2.05, 4.69) is 28.9 Å². The fourth-order valence-electron chi connectivity index (χ4n) is 2.45. The maximum Gasteiger partial charge on any atom is 0.268 e. The van der Waals surface area contributed by atoms with Crippen LogP contribution in [0.5, 0.6) is 0 Å². The van der Waals surface area contributed by atoms with Gasteiger partial charge in [-0.25, -0.2) is 0 Å². The molecule has 0 bridgehead atoms. The van der Waals surface area contributed by atoms with E-state index in [9.17, 15) is 4.79 Å². The Labute approximate surface area is 113 Å². The van der Waals surface area contributed by atoms with E-state index in [1.807, 2.05) is 19.1 Å². The van der Waals surface area contributed by atoms with Gasteiger partial charge in [0, 0.05) is 31.1 Å². The number of amides is 1. The van der Waals surface area contributed by atoms with Gasteiger partial charge in [-0.15, -0.1) is 0 Å². The summed E-state index contributed by atoms with van der Waals surface area (Å²) in [4.78, 5) is 12.3. The smallest absolute Gasteiger partial charge is 0.268 e. The van der Waals surface area contributed by atoms with Crippen molar-refractivity contribution in [3.05, 3.63) is 35.5 Å². The molecule has 0 saturated carbocycles. The van der Waals surface area contributed by atoms with Crippen LogP contribution in [0.4, 0.5) is 0 Å². The van der Waals surface area contributed by atoms with E-state index in [0.717, 1.165) is 28.7 Å². The second-order valence-corrected chi connectivity index (χ2v) is 4.48. The minimum atomic E-state index is -0.0346. The van der Waals surface area contributed by atoms with E-state index in [1.165, 1.54) is 0 Å². The molecule has 0 spiro atoms. The second kappa shape index (κ2) is 5.89. The lowest BCUT2D eigenvalue weighted by molar-refractivity contribution is 0.0928. The first kappa shape index (κ1) is 13.6. The van der Waals surface area contributed by atoms with Gasteiger partial charge < -0.3 is 14.6 Å². The summed E-state index contributed by atoms with van der Waals surface area (Å²) in [6.07, 6.45) is 0. The largest absolute Gasteiger partial charge is 0.383 e. The molecule has 2 rings (SSSR count). The number of methoxy groups -OCH3 is 1. The summed E-state index contributed by atoms with van der Waals surface area (Å²) >= 11 is 0. The molecule has 0 unspecified atom stereocenters. The first-order valence-corrected chi connectivity index (χ1v) is 6.55. The van der Waals surface area contributed by atoms with Crippen LogP contribution >= 0.6 is 0 Å². The second-order valence-electron chi connectivity index (χ2n) is 4.48. The van der Waals surface area contributed by atoms with E-state index in [0.29, 0.717) is 13.2 Å². The van der Waals surface area contributed by atoms with Gasteiger partial charge in [0.1, 0.15) is 5.69 Å². The summed E-state index contributed by atoms with van der Waals surface area (Å²) in [7, 11) is 1.63. The molecule has 1 aromatic heterocycles. The van der Waals surface area contributed by atoms with Crippen LogP contribution in [0.25, 0.3) is 10.9 Å². The van der Waals surface area contributed by atoms with Crippen molar-refractivity contribution in [2.75, 3.05) is 20.3 Å². The van der Waals surface area contributed by atoms with Crippen molar-refractivity contribution >= 4 is 16.8 Å². The van der Waals surface area contributed by atoms with Gasteiger partial charge in [0.15, 0.2) is 0 Å². The van der Waals surface area contributed by atoms with Crippen molar-refractivity contribution < 1.29 is 9.53 Å². The highest BCUT2D eigenvalue weighted by atomic mass is 16.5. The number of ether oxygens (including phenoxy) is 1. The Morgan fingerprint density at radius 1 is 1.37 bits per heavy atom. The molecular formula is C15H20N2O2. The summed E-state index contributed by atoms with van der Waals surface area (Å²) in [5.74, 6) is -0.0346. The number of rotatable bonds is 5. The van der Waals surface area contributed by atoms with Crippen LogP contribution in [0, 0.1) is 6.92 Å². The van der Waals surface area contributed by atoms with Crippen molar-refractivity contribution in [3.8, 4) is 0 Å². The van der Waals surface area contributed by atoms with Gasteiger partial charge in [-0.05, 0) is 25.5 Å². The Balaban J connectivity index is 2.41. The molecule has 4 nitrogen and oxygen atoms in total. The molecule has 19 heavy (non-hydrogen) atoms. The average molecular weight is 260 g/mol. The third-order valence-electron chi connectivity index (χ3n) is 3.35. The molecule has 102 valence electrons. The zero-order valence-corrected chi connectivity index (χ0v) is 11.7. The quantitative estimate of drug-likeness (QED) is 0.839. The fraction of sp³-hybridized carbons (Fsp3) is 0.400. The minimum absolute atomic E-state index is 0.0346. The molecule has 0 fully saturated rings. The van der Waals surface area contributed by atoms with Crippen molar-refractivity contribution in [1.82, 2.24) is 9.88 Å². The van der Waals surface area contributed by atoms with E-state index < -0.39 is 0 Å². The summed E-state index contributed by atoms with van der Waals surface area (Å²) in [6.45, 7) is 5.88. The highest BCUT2D eigenvalue weighted by Crippen LogP contribution is 2.25. The van der Waals surface area contributed by atoms with Crippen LogP contribution in [-0.4, -0.2) is 30.7 Å². The monoisotopic (exact) mass is 260 g/mol. The van der Waals surface area contributed by atoms with Crippen LogP contribution in [0.2, 0.25) is 0 Å². The number of nitrogens with zero attached hydrogens (tertiary/aromatic N) is 1. The predicted octanol–water partition coefficient (Wildman–Crippen LogP) is 2.35. The van der Waals surface area contributed by atoms with Crippen LogP contribution in [0.15, 0.2) is 24.3 Å². The molecule has 4 heteroatoms. The Hall–Kier alpha value is -1.81. The van der Waals surface area contributed by atoms with Gasteiger partial charge in [-0.3, -0.25) is 4.79 Å². The first-order chi connectivity index (χ1) is 9.20. The zero-order chi connectivity index (χ0) is 13.8. The molecule has 0 aliphatic carbocycles. The van der Waals surface area contributed by atoms with Gasteiger partial charge in [0.05, 0.1) is 6.61 Å². The number of aryl methyl sites for hydroxylation is 2. The average Bonchev–Trinajstić information content (AvgIpc) is 2.72. The molecule has 0 radical (unpaired) electrons. The number of carbonyl (C=O) groups excluding carboxylic acids is 1. The Morgan fingerprint density at radius 3 is 2.79 bits per heavy atom. The molecule has 2 aromatic rings. The van der Waals surface area contributed by atoms with Crippen molar-refractivity contribution in [3.63, 3.8) is 0 Å².